The predicted molar refractivity (Wildman–Crippen MR) is 103 cm³/mol. The van der Waals surface area contributed by atoms with Crippen molar-refractivity contribution in [3.05, 3.63) is 52.7 Å². The largest absolute Gasteiger partial charge is 0.417 e. The number of carbonyl (C=O) groups is 2. The number of benzene rings is 1. The number of carbonyl (C=O) groups excluding carboxylic acids is 2. The zero-order valence-corrected chi connectivity index (χ0v) is 16.5. The van der Waals surface area contributed by atoms with Gasteiger partial charge in [0.25, 0.3) is 5.91 Å². The summed E-state index contributed by atoms with van der Waals surface area (Å²) in [6.45, 7) is 3.64. The number of nitrogens with one attached hydrogen (secondary N) is 2. The topological polar surface area (TPSA) is 71.1 Å². The molecule has 0 unspecified atom stereocenters. The minimum absolute atomic E-state index is 0.0474. The van der Waals surface area contributed by atoms with Gasteiger partial charge in [-0.05, 0) is 44.2 Å². The lowest BCUT2D eigenvalue weighted by atomic mass is 10.1. The molecule has 0 saturated heterocycles. The number of aromatic nitrogens is 1. The van der Waals surface area contributed by atoms with Crippen molar-refractivity contribution in [2.45, 2.75) is 31.1 Å². The summed E-state index contributed by atoms with van der Waals surface area (Å²) < 4.78 is 37.6. The van der Waals surface area contributed by atoms with Crippen LogP contribution in [0.5, 0.6) is 0 Å². The number of pyridine rings is 1. The molecule has 2 amide bonds. The molecule has 150 valence electrons. The van der Waals surface area contributed by atoms with Crippen LogP contribution >= 0.6 is 23.4 Å². The minimum Gasteiger partial charge on any atom is -0.350 e. The van der Waals surface area contributed by atoms with Gasteiger partial charge in [0.15, 0.2) is 0 Å². The molecule has 0 atom stereocenters. The molecule has 5 nitrogen and oxygen atoms in total. The van der Waals surface area contributed by atoms with E-state index in [0.717, 1.165) is 17.8 Å². The molecule has 1 heterocycles. The summed E-state index contributed by atoms with van der Waals surface area (Å²) in [6, 6.07) is 6.55. The molecule has 0 aliphatic rings. The van der Waals surface area contributed by atoms with Crippen molar-refractivity contribution < 1.29 is 22.8 Å². The molecule has 0 saturated carbocycles. The van der Waals surface area contributed by atoms with E-state index in [4.69, 9.17) is 11.6 Å². The molecule has 0 bridgehead atoms. The van der Waals surface area contributed by atoms with E-state index in [2.05, 4.69) is 15.6 Å². The van der Waals surface area contributed by atoms with Gasteiger partial charge in [-0.15, -0.1) is 0 Å². The van der Waals surface area contributed by atoms with E-state index in [9.17, 15) is 22.8 Å². The Morgan fingerprint density at radius 2 is 1.93 bits per heavy atom. The first-order valence-electron chi connectivity index (χ1n) is 8.12. The molecular weight excluding hydrogens is 415 g/mol. The van der Waals surface area contributed by atoms with Crippen LogP contribution in [0.15, 0.2) is 41.6 Å². The summed E-state index contributed by atoms with van der Waals surface area (Å²) >= 11 is 7.03. The highest BCUT2D eigenvalue weighted by molar-refractivity contribution is 7.99. The lowest BCUT2D eigenvalue weighted by molar-refractivity contribution is -0.137. The highest BCUT2D eigenvalue weighted by Crippen LogP contribution is 2.29. The third-order valence-corrected chi connectivity index (χ3v) is 4.61. The van der Waals surface area contributed by atoms with Crippen LogP contribution in [0.4, 0.5) is 18.9 Å². The van der Waals surface area contributed by atoms with Crippen LogP contribution in [0.3, 0.4) is 0 Å². The Labute approximate surface area is 169 Å². The molecule has 0 fully saturated rings. The molecule has 0 aliphatic carbocycles. The van der Waals surface area contributed by atoms with Crippen LogP contribution in [-0.2, 0) is 11.0 Å². The maximum Gasteiger partial charge on any atom is 0.417 e. The molecule has 1 aromatic heterocycles. The predicted octanol–water partition coefficient (Wildman–Crippen LogP) is 4.62. The van der Waals surface area contributed by atoms with E-state index in [1.807, 2.05) is 13.8 Å². The molecule has 2 rings (SSSR count). The molecule has 10 heteroatoms. The Morgan fingerprint density at radius 3 is 2.50 bits per heavy atom. The van der Waals surface area contributed by atoms with Crippen molar-refractivity contribution in [3.63, 3.8) is 0 Å². The number of nitrogens with zero attached hydrogens (tertiary/aromatic N) is 1. The van der Waals surface area contributed by atoms with Crippen LogP contribution in [0, 0.1) is 0 Å². The summed E-state index contributed by atoms with van der Waals surface area (Å²) in [7, 11) is 0. The number of rotatable bonds is 6. The summed E-state index contributed by atoms with van der Waals surface area (Å²) in [5.74, 6) is -0.822. The molecule has 2 aromatic rings. The van der Waals surface area contributed by atoms with Gasteiger partial charge in [0.1, 0.15) is 0 Å². The van der Waals surface area contributed by atoms with Gasteiger partial charge in [-0.1, -0.05) is 23.4 Å². The first kappa shape index (κ1) is 22.0. The Hall–Kier alpha value is -2.26. The average Bonchev–Trinajstić information content (AvgIpc) is 2.61. The van der Waals surface area contributed by atoms with Gasteiger partial charge in [-0.3, -0.25) is 9.59 Å². The van der Waals surface area contributed by atoms with Gasteiger partial charge in [-0.2, -0.15) is 13.2 Å². The normalized spacial score (nSPS) is 11.4. The zero-order valence-electron chi connectivity index (χ0n) is 14.9. The zero-order chi connectivity index (χ0) is 20.9. The number of alkyl halides is 3. The van der Waals surface area contributed by atoms with Crippen LogP contribution in [0.1, 0.15) is 29.8 Å². The minimum atomic E-state index is -4.46. The fourth-order valence-electron chi connectivity index (χ4n) is 2.07. The number of anilines is 1. The Kier molecular flexibility index (Phi) is 7.31. The number of hydrogen-bond acceptors (Lipinski definition) is 4. The first-order valence-corrected chi connectivity index (χ1v) is 9.49. The Morgan fingerprint density at radius 1 is 1.21 bits per heavy atom. The van der Waals surface area contributed by atoms with Gasteiger partial charge < -0.3 is 10.6 Å². The molecule has 0 radical (unpaired) electrons. The highest BCUT2D eigenvalue weighted by atomic mass is 35.5. The maximum atomic E-state index is 12.5. The van der Waals surface area contributed by atoms with Crippen molar-refractivity contribution in [2.75, 3.05) is 11.1 Å². The van der Waals surface area contributed by atoms with Crippen molar-refractivity contribution in [3.8, 4) is 0 Å². The standard InChI is InChI=1S/C18H17ClF3N3O2S/c1-10(2)24-17(27)11-3-5-13(19)14(7-11)25-15(26)9-28-16-6-4-12(8-23-16)18(20,21)22/h3-8,10H,9H2,1-2H3,(H,24,27)(H,25,26). The third-order valence-electron chi connectivity index (χ3n) is 3.34. The number of amides is 2. The summed E-state index contributed by atoms with van der Waals surface area (Å²) in [4.78, 5) is 27.9. The van der Waals surface area contributed by atoms with E-state index in [1.165, 1.54) is 24.3 Å². The molecule has 1 aromatic carbocycles. The average molecular weight is 432 g/mol. The fraction of sp³-hybridized carbons (Fsp3) is 0.278. The van der Waals surface area contributed by atoms with Gasteiger partial charge in [-0.25, -0.2) is 4.98 Å². The van der Waals surface area contributed by atoms with Crippen LogP contribution in [0.25, 0.3) is 0 Å². The van der Waals surface area contributed by atoms with Crippen LogP contribution in [0.2, 0.25) is 5.02 Å². The molecule has 0 aliphatic heterocycles. The second-order valence-electron chi connectivity index (χ2n) is 6.04. The van der Waals surface area contributed by atoms with E-state index in [1.54, 1.807) is 0 Å². The van der Waals surface area contributed by atoms with Crippen molar-refractivity contribution in [2.24, 2.45) is 0 Å². The smallest absolute Gasteiger partial charge is 0.350 e. The highest BCUT2D eigenvalue weighted by Gasteiger charge is 2.30. The molecular formula is C18H17ClF3N3O2S. The quantitative estimate of drug-likeness (QED) is 0.654. The lowest BCUT2D eigenvalue weighted by Gasteiger charge is -2.11. The third kappa shape index (κ3) is 6.42. The van der Waals surface area contributed by atoms with Crippen LogP contribution in [-0.4, -0.2) is 28.6 Å². The van der Waals surface area contributed by atoms with Crippen LogP contribution < -0.4 is 10.6 Å². The second kappa shape index (κ2) is 9.29. The molecule has 28 heavy (non-hydrogen) atoms. The fourth-order valence-corrected chi connectivity index (χ4v) is 2.87. The van der Waals surface area contributed by atoms with Crippen molar-refractivity contribution in [1.29, 1.82) is 0 Å². The van der Waals surface area contributed by atoms with Crippen molar-refractivity contribution >= 4 is 40.9 Å². The monoisotopic (exact) mass is 431 g/mol. The van der Waals surface area contributed by atoms with Gasteiger partial charge in [0, 0.05) is 17.8 Å². The maximum absolute atomic E-state index is 12.5. The Bertz CT molecular complexity index is 858. The van der Waals surface area contributed by atoms with E-state index < -0.39 is 17.6 Å². The SMILES string of the molecule is CC(C)NC(=O)c1ccc(Cl)c(NC(=O)CSc2ccc(C(F)(F)F)cn2)c1. The molecule has 2 N–H and O–H groups in total. The summed E-state index contributed by atoms with van der Waals surface area (Å²) in [6.07, 6.45) is -3.74. The summed E-state index contributed by atoms with van der Waals surface area (Å²) in [5.41, 5.74) is -0.251. The lowest BCUT2D eigenvalue weighted by Crippen LogP contribution is -2.30. The number of halogens is 4. The van der Waals surface area contributed by atoms with Gasteiger partial charge in [0.2, 0.25) is 5.91 Å². The number of thioether (sulfide) groups is 1. The second-order valence-corrected chi connectivity index (χ2v) is 7.45. The van der Waals surface area contributed by atoms with E-state index in [0.29, 0.717) is 11.8 Å². The van der Waals surface area contributed by atoms with Crippen molar-refractivity contribution in [1.82, 2.24) is 10.3 Å². The van der Waals surface area contributed by atoms with Gasteiger partial charge in [0.05, 0.1) is 27.1 Å². The Balaban J connectivity index is 1.98. The summed E-state index contributed by atoms with van der Waals surface area (Å²) in [5, 5.41) is 5.85. The molecule has 0 spiro atoms. The van der Waals surface area contributed by atoms with E-state index >= 15 is 0 Å². The van der Waals surface area contributed by atoms with Gasteiger partial charge >= 0.3 is 6.18 Å². The van der Waals surface area contributed by atoms with E-state index in [-0.39, 0.29) is 33.4 Å². The number of hydrogen-bond donors (Lipinski definition) is 2. The first-order chi connectivity index (χ1) is 13.1.